The van der Waals surface area contributed by atoms with Crippen LogP contribution in [0.15, 0.2) is 0 Å². The third-order valence-electron chi connectivity index (χ3n) is 3.88. The van der Waals surface area contributed by atoms with E-state index in [2.05, 4.69) is 15.3 Å². The van der Waals surface area contributed by atoms with Crippen molar-refractivity contribution < 1.29 is 4.43 Å². The molecule has 17 heavy (non-hydrogen) atoms. The summed E-state index contributed by atoms with van der Waals surface area (Å²) >= 11 is 0. The van der Waals surface area contributed by atoms with Gasteiger partial charge in [0.05, 0.1) is 6.73 Å². The molecular weight excluding hydrogens is 230 g/mol. The average Bonchev–Trinajstić information content (AvgIpc) is 2.99. The Hall–Kier alpha value is 0.0569. The summed E-state index contributed by atoms with van der Waals surface area (Å²) < 4.78 is 5.92. The largest absolute Gasteiger partial charge is 0.381 e. The van der Waals surface area contributed by atoms with E-state index in [0.717, 1.165) is 0 Å². The molecule has 0 heterocycles. The SMILES string of the molecule is CNCO[SiH](NC1CCCC1)NC1CCCC1. The lowest BCUT2D eigenvalue weighted by Gasteiger charge is -2.25. The predicted molar refractivity (Wildman–Crippen MR) is 72.9 cm³/mol. The van der Waals surface area contributed by atoms with Gasteiger partial charge in [-0.25, -0.2) is 0 Å². The van der Waals surface area contributed by atoms with Crippen molar-refractivity contribution >= 4 is 9.36 Å². The highest BCUT2D eigenvalue weighted by atomic mass is 28.3. The summed E-state index contributed by atoms with van der Waals surface area (Å²) in [5.41, 5.74) is 0. The molecule has 0 unspecified atom stereocenters. The molecule has 0 radical (unpaired) electrons. The average molecular weight is 257 g/mol. The third-order valence-corrected chi connectivity index (χ3v) is 5.93. The molecule has 0 aromatic carbocycles. The van der Waals surface area contributed by atoms with Crippen LogP contribution in [0.1, 0.15) is 51.4 Å². The summed E-state index contributed by atoms with van der Waals surface area (Å²) in [5.74, 6) is 0. The van der Waals surface area contributed by atoms with Gasteiger partial charge in [0, 0.05) is 12.1 Å². The zero-order valence-corrected chi connectivity index (χ0v) is 12.2. The highest BCUT2D eigenvalue weighted by Crippen LogP contribution is 2.19. The second-order valence-corrected chi connectivity index (χ2v) is 7.10. The fraction of sp³-hybridized carbons (Fsp3) is 1.00. The van der Waals surface area contributed by atoms with Crippen LogP contribution in [0.2, 0.25) is 0 Å². The highest BCUT2D eigenvalue weighted by molar-refractivity contribution is 6.46. The quantitative estimate of drug-likeness (QED) is 0.470. The van der Waals surface area contributed by atoms with Gasteiger partial charge >= 0.3 is 9.36 Å². The van der Waals surface area contributed by atoms with Crippen LogP contribution in [0.25, 0.3) is 0 Å². The Labute approximate surface area is 107 Å². The second-order valence-electron chi connectivity index (χ2n) is 5.34. The van der Waals surface area contributed by atoms with Crippen molar-refractivity contribution in [3.8, 4) is 0 Å². The Morgan fingerprint density at radius 2 is 1.41 bits per heavy atom. The molecule has 3 N–H and O–H groups in total. The van der Waals surface area contributed by atoms with Gasteiger partial charge in [0.1, 0.15) is 0 Å². The van der Waals surface area contributed by atoms with Crippen molar-refractivity contribution in [1.82, 2.24) is 15.3 Å². The Balaban J connectivity index is 1.74. The van der Waals surface area contributed by atoms with Gasteiger partial charge in [-0.05, 0) is 32.7 Å². The van der Waals surface area contributed by atoms with Crippen molar-refractivity contribution in [2.45, 2.75) is 63.5 Å². The fourth-order valence-corrected chi connectivity index (χ4v) is 5.07. The molecule has 0 saturated heterocycles. The molecule has 0 atom stereocenters. The van der Waals surface area contributed by atoms with E-state index in [4.69, 9.17) is 4.43 Å². The minimum atomic E-state index is -1.42. The van der Waals surface area contributed by atoms with E-state index in [0.29, 0.717) is 18.8 Å². The van der Waals surface area contributed by atoms with Crippen LogP contribution in [0.4, 0.5) is 0 Å². The Bertz CT molecular complexity index is 188. The highest BCUT2D eigenvalue weighted by Gasteiger charge is 2.25. The first kappa shape index (κ1) is 13.5. The van der Waals surface area contributed by atoms with Crippen LogP contribution in [-0.2, 0) is 4.43 Å². The lowest BCUT2D eigenvalue weighted by Crippen LogP contribution is -2.56. The molecule has 0 amide bonds. The van der Waals surface area contributed by atoms with Crippen LogP contribution in [-0.4, -0.2) is 35.2 Å². The molecule has 0 bridgehead atoms. The smallest absolute Gasteiger partial charge is 0.336 e. The topological polar surface area (TPSA) is 45.3 Å². The minimum absolute atomic E-state index is 0.663. The molecular formula is C12H27N3OSi. The molecule has 2 aliphatic rings. The number of rotatable bonds is 7. The predicted octanol–water partition coefficient (Wildman–Crippen LogP) is 0.961. The zero-order valence-electron chi connectivity index (χ0n) is 11.0. The third kappa shape index (κ3) is 4.67. The first-order chi connectivity index (χ1) is 8.38. The first-order valence-electron chi connectivity index (χ1n) is 7.17. The molecule has 2 rings (SSSR count). The van der Waals surface area contributed by atoms with Gasteiger partial charge in [0.15, 0.2) is 0 Å². The van der Waals surface area contributed by atoms with Gasteiger partial charge in [0.2, 0.25) is 0 Å². The zero-order chi connectivity index (χ0) is 11.9. The van der Waals surface area contributed by atoms with Crippen molar-refractivity contribution in [2.24, 2.45) is 0 Å². The maximum absolute atomic E-state index is 5.92. The van der Waals surface area contributed by atoms with Gasteiger partial charge in [-0.3, -0.25) is 5.32 Å². The van der Waals surface area contributed by atoms with Gasteiger partial charge in [0.25, 0.3) is 0 Å². The molecule has 100 valence electrons. The lowest BCUT2D eigenvalue weighted by atomic mass is 10.3. The normalized spacial score (nSPS) is 22.9. The van der Waals surface area contributed by atoms with Gasteiger partial charge in [-0.1, -0.05) is 25.7 Å². The van der Waals surface area contributed by atoms with Crippen molar-refractivity contribution in [1.29, 1.82) is 0 Å². The standard InChI is InChI=1S/C12H27N3OSi/c1-13-10-16-17(14-11-6-2-3-7-11)15-12-8-4-5-9-12/h11-15,17H,2-10H2,1H3. The van der Waals surface area contributed by atoms with E-state index in [1.807, 2.05) is 7.05 Å². The molecule has 4 nitrogen and oxygen atoms in total. The van der Waals surface area contributed by atoms with Crippen molar-refractivity contribution in [2.75, 3.05) is 13.8 Å². The maximum Gasteiger partial charge on any atom is 0.336 e. The van der Waals surface area contributed by atoms with Crippen LogP contribution >= 0.6 is 0 Å². The first-order valence-corrected chi connectivity index (χ1v) is 8.79. The summed E-state index contributed by atoms with van der Waals surface area (Å²) in [6.07, 6.45) is 10.9. The number of nitrogens with one attached hydrogen (secondary N) is 3. The molecule has 0 aromatic rings. The van der Waals surface area contributed by atoms with Gasteiger partial charge in [-0.2, -0.15) is 0 Å². The van der Waals surface area contributed by atoms with Gasteiger partial charge in [-0.15, -0.1) is 0 Å². The lowest BCUT2D eigenvalue weighted by molar-refractivity contribution is 0.272. The molecule has 2 fully saturated rings. The monoisotopic (exact) mass is 257 g/mol. The molecule has 0 spiro atoms. The van der Waals surface area contributed by atoms with Crippen LogP contribution < -0.4 is 15.3 Å². The Kier molecular flexibility index (Phi) is 5.94. The van der Waals surface area contributed by atoms with Crippen LogP contribution in [0, 0.1) is 0 Å². The number of hydrogen-bond acceptors (Lipinski definition) is 4. The molecule has 0 aromatic heterocycles. The van der Waals surface area contributed by atoms with Crippen LogP contribution in [0.3, 0.4) is 0 Å². The minimum Gasteiger partial charge on any atom is -0.381 e. The molecule has 2 aliphatic carbocycles. The van der Waals surface area contributed by atoms with E-state index in [1.54, 1.807) is 0 Å². The van der Waals surface area contributed by atoms with Crippen molar-refractivity contribution in [3.05, 3.63) is 0 Å². The number of hydrogen-bond donors (Lipinski definition) is 3. The Morgan fingerprint density at radius 3 is 1.82 bits per heavy atom. The molecule has 2 saturated carbocycles. The maximum atomic E-state index is 5.92. The summed E-state index contributed by atoms with van der Waals surface area (Å²) in [7, 11) is 0.521. The fourth-order valence-electron chi connectivity index (χ4n) is 2.92. The second kappa shape index (κ2) is 7.48. The van der Waals surface area contributed by atoms with Gasteiger partial charge < -0.3 is 14.4 Å². The molecule has 0 aliphatic heterocycles. The molecule has 5 heteroatoms. The summed E-state index contributed by atoms with van der Waals surface area (Å²) in [6.45, 7) is 0.663. The Morgan fingerprint density at radius 1 is 0.941 bits per heavy atom. The van der Waals surface area contributed by atoms with E-state index in [-0.39, 0.29) is 0 Å². The van der Waals surface area contributed by atoms with E-state index < -0.39 is 9.36 Å². The van der Waals surface area contributed by atoms with E-state index in [9.17, 15) is 0 Å². The van der Waals surface area contributed by atoms with Crippen LogP contribution in [0.5, 0.6) is 0 Å². The summed E-state index contributed by atoms with van der Waals surface area (Å²) in [6, 6.07) is 1.41. The van der Waals surface area contributed by atoms with E-state index in [1.165, 1.54) is 51.4 Å². The van der Waals surface area contributed by atoms with Crippen molar-refractivity contribution in [3.63, 3.8) is 0 Å². The van der Waals surface area contributed by atoms with E-state index >= 15 is 0 Å². The summed E-state index contributed by atoms with van der Waals surface area (Å²) in [4.78, 5) is 7.49. The summed E-state index contributed by atoms with van der Waals surface area (Å²) in [5, 5.41) is 3.08.